The minimum absolute atomic E-state index is 0.235. The van der Waals surface area contributed by atoms with Crippen LogP contribution in [0.1, 0.15) is 50.6 Å². The molecule has 1 aromatic rings. The van der Waals surface area contributed by atoms with Crippen LogP contribution in [0.3, 0.4) is 0 Å². The Balaban J connectivity index is 1.62. The molecule has 1 unspecified atom stereocenters. The second-order valence-electron chi connectivity index (χ2n) is 5.88. The summed E-state index contributed by atoms with van der Waals surface area (Å²) in [4.78, 5) is 0. The van der Waals surface area contributed by atoms with Crippen LogP contribution in [0.2, 0.25) is 0 Å². The molecule has 2 fully saturated rings. The summed E-state index contributed by atoms with van der Waals surface area (Å²) in [5, 5.41) is 0. The average molecular weight is 248 g/mol. The van der Waals surface area contributed by atoms with E-state index in [2.05, 4.69) is 22.9 Å². The van der Waals surface area contributed by atoms with Crippen LogP contribution in [-0.2, 0) is 17.8 Å². The Morgan fingerprint density at radius 1 is 1.28 bits per heavy atom. The smallest absolute Gasteiger partial charge is 0.0762 e. The second-order valence-corrected chi connectivity index (χ2v) is 5.88. The SMILES string of the molecule is NCc1cccn1CC1CCC2(CCCCC2)O1. The highest BCUT2D eigenvalue weighted by atomic mass is 16.5. The fourth-order valence-corrected chi connectivity index (χ4v) is 3.62. The molecule has 1 saturated heterocycles. The van der Waals surface area contributed by atoms with Gasteiger partial charge in [-0.1, -0.05) is 19.3 Å². The Bertz CT molecular complexity index is 393. The molecule has 0 amide bonds. The third-order valence-electron chi connectivity index (χ3n) is 4.64. The van der Waals surface area contributed by atoms with Crippen LogP contribution in [0.5, 0.6) is 0 Å². The van der Waals surface area contributed by atoms with E-state index in [1.165, 1.54) is 50.6 Å². The highest BCUT2D eigenvalue weighted by Gasteiger charge is 2.40. The predicted molar refractivity (Wildman–Crippen MR) is 72.2 cm³/mol. The van der Waals surface area contributed by atoms with Crippen LogP contribution >= 0.6 is 0 Å². The number of nitrogens with two attached hydrogens (primary N) is 1. The van der Waals surface area contributed by atoms with Gasteiger partial charge in [0.25, 0.3) is 0 Å². The third-order valence-corrected chi connectivity index (χ3v) is 4.64. The van der Waals surface area contributed by atoms with Crippen LogP contribution in [-0.4, -0.2) is 16.3 Å². The van der Waals surface area contributed by atoms with Crippen molar-refractivity contribution in [2.75, 3.05) is 0 Å². The summed E-state index contributed by atoms with van der Waals surface area (Å²) in [7, 11) is 0. The average Bonchev–Trinajstić information content (AvgIpc) is 2.99. The molecule has 2 N–H and O–H groups in total. The second kappa shape index (κ2) is 5.06. The van der Waals surface area contributed by atoms with E-state index in [0.717, 1.165) is 6.54 Å². The van der Waals surface area contributed by atoms with Gasteiger partial charge in [0, 0.05) is 25.0 Å². The molecule has 3 heteroatoms. The van der Waals surface area contributed by atoms with Gasteiger partial charge in [-0.25, -0.2) is 0 Å². The van der Waals surface area contributed by atoms with Gasteiger partial charge in [0.2, 0.25) is 0 Å². The van der Waals surface area contributed by atoms with Crippen molar-refractivity contribution in [2.45, 2.75) is 69.7 Å². The molecule has 3 nitrogen and oxygen atoms in total. The molecule has 0 radical (unpaired) electrons. The van der Waals surface area contributed by atoms with Gasteiger partial charge < -0.3 is 15.0 Å². The van der Waals surface area contributed by atoms with E-state index in [-0.39, 0.29) is 5.60 Å². The number of rotatable bonds is 3. The third kappa shape index (κ3) is 2.34. The first-order chi connectivity index (χ1) is 8.81. The Morgan fingerprint density at radius 2 is 2.11 bits per heavy atom. The lowest BCUT2D eigenvalue weighted by atomic mass is 9.83. The summed E-state index contributed by atoms with van der Waals surface area (Å²) in [5.41, 5.74) is 7.19. The van der Waals surface area contributed by atoms with Crippen molar-refractivity contribution in [3.63, 3.8) is 0 Å². The molecule has 1 aliphatic carbocycles. The standard InChI is InChI=1S/C15H24N2O/c16-11-13-5-4-10-17(13)12-14-6-9-15(18-14)7-2-1-3-8-15/h4-5,10,14H,1-3,6-9,11-12,16H2. The van der Waals surface area contributed by atoms with Crippen molar-refractivity contribution in [3.05, 3.63) is 24.0 Å². The fraction of sp³-hybridized carbons (Fsp3) is 0.733. The largest absolute Gasteiger partial charge is 0.370 e. The summed E-state index contributed by atoms with van der Waals surface area (Å²) in [6.07, 6.45) is 11.6. The maximum absolute atomic E-state index is 6.40. The Kier molecular flexibility index (Phi) is 3.44. The normalized spacial score (nSPS) is 26.8. The molecular formula is C15H24N2O. The molecule has 1 atom stereocenters. The molecule has 3 rings (SSSR count). The summed E-state index contributed by atoms with van der Waals surface area (Å²) < 4.78 is 8.66. The van der Waals surface area contributed by atoms with Crippen LogP contribution in [0.15, 0.2) is 18.3 Å². The van der Waals surface area contributed by atoms with Crippen LogP contribution < -0.4 is 5.73 Å². The molecule has 100 valence electrons. The van der Waals surface area contributed by atoms with Crippen LogP contribution in [0.4, 0.5) is 0 Å². The molecular weight excluding hydrogens is 224 g/mol. The molecule has 1 aliphatic heterocycles. The van der Waals surface area contributed by atoms with E-state index in [1.807, 2.05) is 0 Å². The van der Waals surface area contributed by atoms with Gasteiger partial charge in [-0.15, -0.1) is 0 Å². The van der Waals surface area contributed by atoms with Gasteiger partial charge >= 0.3 is 0 Å². The zero-order valence-corrected chi connectivity index (χ0v) is 11.1. The van der Waals surface area contributed by atoms with Gasteiger partial charge in [0.05, 0.1) is 11.7 Å². The maximum Gasteiger partial charge on any atom is 0.0762 e. The van der Waals surface area contributed by atoms with Gasteiger partial charge in [0.1, 0.15) is 0 Å². The summed E-state index contributed by atoms with van der Waals surface area (Å²) in [5.74, 6) is 0. The minimum Gasteiger partial charge on any atom is -0.370 e. The summed E-state index contributed by atoms with van der Waals surface area (Å²) in [6.45, 7) is 1.59. The highest BCUT2D eigenvalue weighted by Crippen LogP contribution is 2.42. The minimum atomic E-state index is 0.235. The topological polar surface area (TPSA) is 40.2 Å². The van der Waals surface area contributed by atoms with E-state index >= 15 is 0 Å². The lowest BCUT2D eigenvalue weighted by Crippen LogP contribution is -2.32. The Morgan fingerprint density at radius 3 is 2.89 bits per heavy atom. The first kappa shape index (κ1) is 12.2. The number of ether oxygens (including phenoxy) is 1. The van der Waals surface area contributed by atoms with Gasteiger partial charge in [0.15, 0.2) is 0 Å². The predicted octanol–water partition coefficient (Wildman–Crippen LogP) is 2.83. The fourth-order valence-electron chi connectivity index (χ4n) is 3.62. The van der Waals surface area contributed by atoms with Crippen molar-refractivity contribution >= 4 is 0 Å². The Hall–Kier alpha value is -0.800. The Labute approximate surface area is 109 Å². The first-order valence-corrected chi connectivity index (χ1v) is 7.33. The monoisotopic (exact) mass is 248 g/mol. The van der Waals surface area contributed by atoms with Crippen molar-refractivity contribution < 1.29 is 4.74 Å². The molecule has 2 aliphatic rings. The molecule has 0 aromatic carbocycles. The number of hydrogen-bond donors (Lipinski definition) is 1. The lowest BCUT2D eigenvalue weighted by Gasteiger charge is -2.33. The van der Waals surface area contributed by atoms with Gasteiger partial charge in [-0.05, 0) is 37.8 Å². The lowest BCUT2D eigenvalue weighted by molar-refractivity contribution is -0.0681. The van der Waals surface area contributed by atoms with Crippen molar-refractivity contribution in [2.24, 2.45) is 5.73 Å². The summed E-state index contributed by atoms with van der Waals surface area (Å²) >= 11 is 0. The summed E-state index contributed by atoms with van der Waals surface area (Å²) in [6, 6.07) is 4.18. The van der Waals surface area contributed by atoms with Gasteiger partial charge in [-0.2, -0.15) is 0 Å². The van der Waals surface area contributed by atoms with E-state index in [0.29, 0.717) is 12.6 Å². The number of nitrogens with zero attached hydrogens (tertiary/aromatic N) is 1. The van der Waals surface area contributed by atoms with E-state index in [4.69, 9.17) is 10.5 Å². The molecule has 1 spiro atoms. The quantitative estimate of drug-likeness (QED) is 0.893. The highest BCUT2D eigenvalue weighted by molar-refractivity contribution is 5.07. The maximum atomic E-state index is 6.40. The van der Waals surface area contributed by atoms with Crippen molar-refractivity contribution in [1.82, 2.24) is 4.57 Å². The molecule has 1 aromatic heterocycles. The zero-order valence-electron chi connectivity index (χ0n) is 11.1. The zero-order chi connectivity index (χ0) is 12.4. The van der Waals surface area contributed by atoms with Crippen molar-refractivity contribution in [3.8, 4) is 0 Å². The number of hydrogen-bond acceptors (Lipinski definition) is 2. The van der Waals surface area contributed by atoms with Crippen molar-refractivity contribution in [1.29, 1.82) is 0 Å². The molecule has 1 saturated carbocycles. The van der Waals surface area contributed by atoms with E-state index < -0.39 is 0 Å². The molecule has 0 bridgehead atoms. The number of aromatic nitrogens is 1. The van der Waals surface area contributed by atoms with Crippen LogP contribution in [0, 0.1) is 0 Å². The first-order valence-electron chi connectivity index (χ1n) is 7.33. The van der Waals surface area contributed by atoms with E-state index in [9.17, 15) is 0 Å². The molecule has 18 heavy (non-hydrogen) atoms. The van der Waals surface area contributed by atoms with Crippen LogP contribution in [0.25, 0.3) is 0 Å². The van der Waals surface area contributed by atoms with Gasteiger partial charge in [-0.3, -0.25) is 0 Å². The molecule has 2 heterocycles. The van der Waals surface area contributed by atoms with E-state index in [1.54, 1.807) is 0 Å².